The number of esters is 1. The third-order valence-corrected chi connectivity index (χ3v) is 1.53. The third kappa shape index (κ3) is 11.5. The van der Waals surface area contributed by atoms with Crippen LogP contribution in [0.2, 0.25) is 0 Å². The number of hydrogen-bond donors (Lipinski definition) is 0. The van der Waals surface area contributed by atoms with E-state index >= 15 is 0 Å². The fourth-order valence-corrected chi connectivity index (χ4v) is 0.655. The molecule has 0 aromatic carbocycles. The molecule has 58 valence electrons. The quantitative estimate of drug-likeness (QED) is 0.339. The van der Waals surface area contributed by atoms with Crippen LogP contribution in [0.1, 0.15) is 6.92 Å². The maximum absolute atomic E-state index is 10.2. The Balaban J connectivity index is 0. The van der Waals surface area contributed by atoms with Gasteiger partial charge in [0.05, 0.1) is 7.11 Å². The number of carbonyl (C=O) groups excluding carboxylic acids is 1. The molecule has 0 aromatic rings. The number of rotatable bonds is 2. The first kappa shape index (κ1) is 15.0. The van der Waals surface area contributed by atoms with E-state index in [1.807, 2.05) is 0 Å². The standard InChI is InChI=1S/C5H7O3S2.Rb/c1-4(6)8-3-10-5(9)7-2;/h3H,1-2H3;/q-1;+1. The van der Waals surface area contributed by atoms with Gasteiger partial charge in [-0.15, -0.1) is 0 Å². The first-order valence-electron chi connectivity index (χ1n) is 2.40. The van der Waals surface area contributed by atoms with Crippen molar-refractivity contribution in [1.29, 1.82) is 0 Å². The summed E-state index contributed by atoms with van der Waals surface area (Å²) >= 11 is 5.67. The number of thioether (sulfide) groups is 1. The molecule has 11 heavy (non-hydrogen) atoms. The predicted octanol–water partition coefficient (Wildman–Crippen LogP) is -1.66. The number of thiocarbonyl (C=S) groups is 1. The fraction of sp³-hybridized carbons (Fsp3) is 0.400. The van der Waals surface area contributed by atoms with Crippen LogP contribution in [-0.2, 0) is 14.3 Å². The van der Waals surface area contributed by atoms with Gasteiger partial charge in [0, 0.05) is 6.92 Å². The van der Waals surface area contributed by atoms with Gasteiger partial charge in [0.2, 0.25) is 0 Å². The molecule has 0 atom stereocenters. The van der Waals surface area contributed by atoms with Crippen LogP contribution in [0.5, 0.6) is 0 Å². The summed E-state index contributed by atoms with van der Waals surface area (Å²) in [5.74, 6) is 0.861. The summed E-state index contributed by atoms with van der Waals surface area (Å²) in [4.78, 5) is 10.2. The van der Waals surface area contributed by atoms with Crippen molar-refractivity contribution < 1.29 is 72.5 Å². The molecule has 0 bridgehead atoms. The van der Waals surface area contributed by atoms with Gasteiger partial charge in [-0.3, -0.25) is 4.79 Å². The summed E-state index contributed by atoms with van der Waals surface area (Å²) in [6.45, 7) is 1.31. The number of ether oxygens (including phenoxy) is 2. The van der Waals surface area contributed by atoms with Gasteiger partial charge in [-0.2, -0.15) is 0 Å². The van der Waals surface area contributed by atoms with Gasteiger partial charge in [0.1, 0.15) is 0 Å². The van der Waals surface area contributed by atoms with Crippen molar-refractivity contribution in [1.82, 2.24) is 0 Å². The van der Waals surface area contributed by atoms with E-state index < -0.39 is 0 Å². The van der Waals surface area contributed by atoms with Gasteiger partial charge in [0.15, 0.2) is 4.38 Å². The SMILES string of the molecule is COC(=S)S[CH-]OC(C)=O.[Rb+]. The van der Waals surface area contributed by atoms with Crippen molar-refractivity contribution in [3.05, 3.63) is 5.94 Å². The predicted molar refractivity (Wildman–Crippen MR) is 43.3 cm³/mol. The van der Waals surface area contributed by atoms with Gasteiger partial charge < -0.3 is 9.47 Å². The normalized spacial score (nSPS) is 7.82. The number of carbonyl (C=O) groups is 1. The van der Waals surface area contributed by atoms with E-state index in [9.17, 15) is 4.79 Å². The van der Waals surface area contributed by atoms with Crippen LogP contribution in [0.25, 0.3) is 0 Å². The number of hydrogen-bond acceptors (Lipinski definition) is 5. The fourth-order valence-electron chi connectivity index (χ4n) is 0.179. The average molecular weight is 265 g/mol. The molecule has 0 saturated heterocycles. The Hall–Kier alpha value is 1.52. The van der Waals surface area contributed by atoms with Crippen molar-refractivity contribution in [2.75, 3.05) is 7.11 Å². The Morgan fingerprint density at radius 2 is 2.18 bits per heavy atom. The second-order valence-electron chi connectivity index (χ2n) is 1.28. The molecule has 0 spiro atoms. The van der Waals surface area contributed by atoms with E-state index in [-0.39, 0.29) is 64.2 Å². The molecule has 0 N–H and O–H groups in total. The van der Waals surface area contributed by atoms with E-state index in [2.05, 4.69) is 21.7 Å². The summed E-state index contributed by atoms with van der Waals surface area (Å²) in [6, 6.07) is 0. The van der Waals surface area contributed by atoms with Crippen molar-refractivity contribution in [3.8, 4) is 0 Å². The molecular formula is C5H7O3RbS2. The van der Waals surface area contributed by atoms with Gasteiger partial charge in [-0.25, -0.2) is 11.8 Å². The van der Waals surface area contributed by atoms with E-state index in [4.69, 9.17) is 0 Å². The molecule has 0 saturated carbocycles. The molecule has 0 aliphatic carbocycles. The van der Waals surface area contributed by atoms with E-state index in [0.29, 0.717) is 4.38 Å². The summed E-state index contributed by atoms with van der Waals surface area (Å²) in [5.41, 5.74) is 0. The van der Waals surface area contributed by atoms with Crippen LogP contribution in [0.3, 0.4) is 0 Å². The second kappa shape index (κ2) is 9.60. The minimum Gasteiger partial charge on any atom is -0.626 e. The molecule has 6 heteroatoms. The largest absolute Gasteiger partial charge is 1.00 e. The van der Waals surface area contributed by atoms with Crippen LogP contribution >= 0.6 is 24.0 Å². The Morgan fingerprint density at radius 3 is 2.55 bits per heavy atom. The monoisotopic (exact) mass is 264 g/mol. The van der Waals surface area contributed by atoms with Crippen LogP contribution in [0.15, 0.2) is 0 Å². The van der Waals surface area contributed by atoms with Crippen molar-refractivity contribution in [2.45, 2.75) is 6.92 Å². The zero-order chi connectivity index (χ0) is 7.98. The first-order chi connectivity index (χ1) is 4.66. The molecule has 0 unspecified atom stereocenters. The zero-order valence-electron chi connectivity index (χ0n) is 6.62. The number of methoxy groups -OCH3 is 1. The molecule has 0 aliphatic rings. The molecule has 0 aliphatic heterocycles. The molecule has 0 aromatic heterocycles. The first-order valence-corrected chi connectivity index (χ1v) is 3.69. The second-order valence-corrected chi connectivity index (χ2v) is 2.71. The van der Waals surface area contributed by atoms with E-state index in [1.54, 1.807) is 0 Å². The van der Waals surface area contributed by atoms with Gasteiger partial charge in [-0.1, -0.05) is 5.94 Å². The topological polar surface area (TPSA) is 35.5 Å². The van der Waals surface area contributed by atoms with Crippen LogP contribution < -0.4 is 58.2 Å². The van der Waals surface area contributed by atoms with Crippen molar-refractivity contribution in [2.24, 2.45) is 0 Å². The molecular weight excluding hydrogens is 258 g/mol. The molecule has 3 nitrogen and oxygen atoms in total. The maximum Gasteiger partial charge on any atom is 1.00 e. The Morgan fingerprint density at radius 1 is 1.64 bits per heavy atom. The van der Waals surface area contributed by atoms with E-state index in [0.717, 1.165) is 11.8 Å². The van der Waals surface area contributed by atoms with E-state index in [1.165, 1.54) is 20.0 Å². The van der Waals surface area contributed by atoms with Gasteiger partial charge in [0.25, 0.3) is 5.97 Å². The van der Waals surface area contributed by atoms with Crippen LogP contribution in [0, 0.1) is 5.94 Å². The zero-order valence-corrected chi connectivity index (χ0v) is 13.2. The van der Waals surface area contributed by atoms with Gasteiger partial charge in [-0.05, 0) is 12.2 Å². The van der Waals surface area contributed by atoms with Gasteiger partial charge >= 0.3 is 58.2 Å². The summed E-state index contributed by atoms with van der Waals surface area (Å²) in [6.07, 6.45) is 0. The minimum atomic E-state index is -0.369. The summed E-state index contributed by atoms with van der Waals surface area (Å²) < 4.78 is 9.37. The molecule has 0 amide bonds. The Bertz CT molecular complexity index is 140. The minimum absolute atomic E-state index is 0. The third-order valence-electron chi connectivity index (χ3n) is 0.525. The van der Waals surface area contributed by atoms with Crippen LogP contribution in [0.4, 0.5) is 0 Å². The van der Waals surface area contributed by atoms with Crippen molar-refractivity contribution >= 4 is 34.3 Å². The Kier molecular flexibility index (Phi) is 13.1. The summed E-state index contributed by atoms with van der Waals surface area (Å²) in [7, 11) is 1.46. The average Bonchev–Trinajstić information content (AvgIpc) is 1.87. The molecule has 0 rings (SSSR count). The molecule has 0 radical (unpaired) electrons. The Labute approximate surface area is 124 Å². The molecule has 0 heterocycles. The maximum atomic E-state index is 10.2. The van der Waals surface area contributed by atoms with Crippen LogP contribution in [-0.4, -0.2) is 17.5 Å². The smallest absolute Gasteiger partial charge is 0.626 e. The molecule has 0 fully saturated rings. The summed E-state index contributed by atoms with van der Waals surface area (Å²) in [5, 5.41) is 0. The van der Waals surface area contributed by atoms with Crippen molar-refractivity contribution in [3.63, 3.8) is 0 Å².